The van der Waals surface area contributed by atoms with Crippen LogP contribution < -0.4 is 5.32 Å². The van der Waals surface area contributed by atoms with E-state index in [1.165, 1.54) is 5.56 Å². The second-order valence-corrected chi connectivity index (χ2v) is 4.88. The van der Waals surface area contributed by atoms with Crippen LogP contribution >= 0.6 is 15.9 Å². The Balaban J connectivity index is 2.22. The van der Waals surface area contributed by atoms with Gasteiger partial charge in [-0.2, -0.15) is 0 Å². The number of hydrogen-bond donors (Lipinski definition) is 1. The molecule has 0 saturated heterocycles. The largest absolute Gasteiger partial charge is 0.467 e. The van der Waals surface area contributed by atoms with Gasteiger partial charge in [0.05, 0.1) is 12.3 Å². The molecule has 2 rings (SSSR count). The first-order chi connectivity index (χ1) is 8.27. The topological polar surface area (TPSA) is 25.2 Å². The molecule has 1 aromatic heterocycles. The normalized spacial score (nSPS) is 12.3. The quantitative estimate of drug-likeness (QED) is 0.905. The van der Waals surface area contributed by atoms with Gasteiger partial charge in [-0.3, -0.25) is 5.32 Å². The highest BCUT2D eigenvalue weighted by Crippen LogP contribution is 2.22. The Hall–Kier alpha value is -1.32. The van der Waals surface area contributed by atoms with Gasteiger partial charge in [0.2, 0.25) is 0 Å². The van der Waals surface area contributed by atoms with Gasteiger partial charge in [-0.15, -0.1) is 0 Å². The lowest BCUT2D eigenvalue weighted by Crippen LogP contribution is -2.23. The zero-order valence-electron chi connectivity index (χ0n) is 9.40. The molecule has 0 spiro atoms. The lowest BCUT2D eigenvalue weighted by atomic mass is 10.0. The van der Waals surface area contributed by atoms with E-state index in [0.29, 0.717) is 6.54 Å². The van der Waals surface area contributed by atoms with E-state index in [1.54, 1.807) is 6.26 Å². The first kappa shape index (κ1) is 12.1. The third-order valence-corrected chi connectivity index (χ3v) is 2.74. The molecule has 0 amide bonds. The van der Waals surface area contributed by atoms with Gasteiger partial charge in [-0.05, 0) is 17.7 Å². The SMILES string of the molecule is C=C(Br)CNC(c1ccccc1)c1ccco1. The van der Waals surface area contributed by atoms with Gasteiger partial charge in [0.25, 0.3) is 0 Å². The van der Waals surface area contributed by atoms with E-state index in [4.69, 9.17) is 4.42 Å². The van der Waals surface area contributed by atoms with E-state index in [1.807, 2.05) is 30.3 Å². The van der Waals surface area contributed by atoms with Gasteiger partial charge in [0, 0.05) is 11.0 Å². The molecular weight excluding hydrogens is 278 g/mol. The van der Waals surface area contributed by atoms with E-state index in [2.05, 4.69) is 40.0 Å². The van der Waals surface area contributed by atoms with Crippen molar-refractivity contribution in [3.05, 3.63) is 71.1 Å². The molecule has 0 aliphatic heterocycles. The van der Waals surface area contributed by atoms with Crippen LogP contribution in [0.15, 0.2) is 64.2 Å². The summed E-state index contributed by atoms with van der Waals surface area (Å²) in [5.41, 5.74) is 1.18. The third-order valence-electron chi connectivity index (χ3n) is 2.46. The summed E-state index contributed by atoms with van der Waals surface area (Å²) in [6, 6.07) is 14.1. The molecule has 1 N–H and O–H groups in total. The molecule has 3 heteroatoms. The molecule has 1 unspecified atom stereocenters. The second-order valence-electron chi connectivity index (χ2n) is 3.76. The number of benzene rings is 1. The molecule has 0 fully saturated rings. The predicted molar refractivity (Wildman–Crippen MR) is 73.1 cm³/mol. The van der Waals surface area contributed by atoms with Crippen LogP contribution in [-0.2, 0) is 0 Å². The van der Waals surface area contributed by atoms with Crippen LogP contribution in [0, 0.1) is 0 Å². The van der Waals surface area contributed by atoms with Gasteiger partial charge in [-0.1, -0.05) is 52.8 Å². The molecule has 17 heavy (non-hydrogen) atoms. The molecule has 2 aromatic rings. The third kappa shape index (κ3) is 3.32. The zero-order chi connectivity index (χ0) is 12.1. The summed E-state index contributed by atoms with van der Waals surface area (Å²) in [6.07, 6.45) is 1.69. The Morgan fingerprint density at radius 1 is 1.24 bits per heavy atom. The maximum absolute atomic E-state index is 5.47. The molecule has 0 radical (unpaired) electrons. The molecular formula is C14H14BrNO. The van der Waals surface area contributed by atoms with Crippen molar-refractivity contribution < 1.29 is 4.42 Å². The fourth-order valence-electron chi connectivity index (χ4n) is 1.70. The molecule has 0 bridgehead atoms. The molecule has 2 nitrogen and oxygen atoms in total. The predicted octanol–water partition coefficient (Wildman–Crippen LogP) is 3.87. The number of furan rings is 1. The van der Waals surface area contributed by atoms with E-state index in [-0.39, 0.29) is 6.04 Å². The highest BCUT2D eigenvalue weighted by molar-refractivity contribution is 9.11. The minimum absolute atomic E-state index is 0.0560. The molecule has 0 aliphatic carbocycles. The number of hydrogen-bond acceptors (Lipinski definition) is 2. The highest BCUT2D eigenvalue weighted by Gasteiger charge is 2.15. The van der Waals surface area contributed by atoms with E-state index in [9.17, 15) is 0 Å². The van der Waals surface area contributed by atoms with Gasteiger partial charge in [0.15, 0.2) is 0 Å². The number of halogens is 1. The summed E-state index contributed by atoms with van der Waals surface area (Å²) in [4.78, 5) is 0. The second kappa shape index (κ2) is 5.84. The Kier molecular flexibility index (Phi) is 4.18. The highest BCUT2D eigenvalue weighted by atomic mass is 79.9. The van der Waals surface area contributed by atoms with Gasteiger partial charge in [0.1, 0.15) is 5.76 Å². The van der Waals surface area contributed by atoms with Crippen LogP contribution in [0.25, 0.3) is 0 Å². The minimum atomic E-state index is 0.0560. The lowest BCUT2D eigenvalue weighted by molar-refractivity contribution is 0.456. The van der Waals surface area contributed by atoms with Crippen LogP contribution in [-0.4, -0.2) is 6.54 Å². The minimum Gasteiger partial charge on any atom is -0.467 e. The van der Waals surface area contributed by atoms with Crippen molar-refractivity contribution in [3.8, 4) is 0 Å². The Bertz CT molecular complexity index is 464. The zero-order valence-corrected chi connectivity index (χ0v) is 11.0. The van der Waals surface area contributed by atoms with Crippen molar-refractivity contribution >= 4 is 15.9 Å². The Morgan fingerprint density at radius 3 is 2.59 bits per heavy atom. The first-order valence-electron chi connectivity index (χ1n) is 5.42. The summed E-state index contributed by atoms with van der Waals surface area (Å²) < 4.78 is 6.40. The summed E-state index contributed by atoms with van der Waals surface area (Å²) in [5, 5.41) is 3.40. The Labute approximate surface area is 109 Å². The summed E-state index contributed by atoms with van der Waals surface area (Å²) in [7, 11) is 0. The van der Waals surface area contributed by atoms with Crippen molar-refractivity contribution in [1.82, 2.24) is 5.32 Å². The maximum Gasteiger partial charge on any atom is 0.125 e. The number of rotatable bonds is 5. The monoisotopic (exact) mass is 291 g/mol. The summed E-state index contributed by atoms with van der Waals surface area (Å²) in [6.45, 7) is 4.52. The smallest absolute Gasteiger partial charge is 0.125 e. The van der Waals surface area contributed by atoms with Gasteiger partial charge in [-0.25, -0.2) is 0 Å². The fraction of sp³-hybridized carbons (Fsp3) is 0.143. The van der Waals surface area contributed by atoms with Crippen molar-refractivity contribution in [3.63, 3.8) is 0 Å². The molecule has 0 saturated carbocycles. The first-order valence-corrected chi connectivity index (χ1v) is 6.21. The average Bonchev–Trinajstić information content (AvgIpc) is 2.84. The van der Waals surface area contributed by atoms with Gasteiger partial charge < -0.3 is 4.42 Å². The fourth-order valence-corrected chi connectivity index (χ4v) is 1.86. The maximum atomic E-state index is 5.47. The standard InChI is InChI=1S/C14H14BrNO/c1-11(15)10-16-14(13-8-5-9-17-13)12-6-3-2-4-7-12/h2-9,14,16H,1,10H2. The molecule has 0 aliphatic rings. The van der Waals surface area contributed by atoms with Crippen molar-refractivity contribution in [2.75, 3.05) is 6.54 Å². The van der Waals surface area contributed by atoms with Crippen molar-refractivity contribution in [2.45, 2.75) is 6.04 Å². The van der Waals surface area contributed by atoms with Crippen LogP contribution in [0.4, 0.5) is 0 Å². The van der Waals surface area contributed by atoms with Crippen molar-refractivity contribution in [2.24, 2.45) is 0 Å². The number of nitrogens with one attached hydrogen (secondary N) is 1. The summed E-state index contributed by atoms with van der Waals surface area (Å²) in [5.74, 6) is 0.907. The van der Waals surface area contributed by atoms with Gasteiger partial charge >= 0.3 is 0 Å². The van der Waals surface area contributed by atoms with Crippen LogP contribution in [0.2, 0.25) is 0 Å². The average molecular weight is 292 g/mol. The molecule has 1 atom stereocenters. The Morgan fingerprint density at radius 2 is 2.00 bits per heavy atom. The van der Waals surface area contributed by atoms with Crippen LogP contribution in [0.3, 0.4) is 0 Å². The van der Waals surface area contributed by atoms with Crippen LogP contribution in [0.1, 0.15) is 17.4 Å². The van der Waals surface area contributed by atoms with Crippen LogP contribution in [0.5, 0.6) is 0 Å². The summed E-state index contributed by atoms with van der Waals surface area (Å²) >= 11 is 3.35. The van der Waals surface area contributed by atoms with E-state index in [0.717, 1.165) is 10.2 Å². The van der Waals surface area contributed by atoms with E-state index >= 15 is 0 Å². The molecule has 1 aromatic carbocycles. The lowest BCUT2D eigenvalue weighted by Gasteiger charge is -2.16. The molecule has 88 valence electrons. The van der Waals surface area contributed by atoms with Crippen molar-refractivity contribution in [1.29, 1.82) is 0 Å². The molecule has 1 heterocycles. The van der Waals surface area contributed by atoms with E-state index < -0.39 is 0 Å².